The van der Waals surface area contributed by atoms with Gasteiger partial charge in [-0.1, -0.05) is 30.3 Å². The summed E-state index contributed by atoms with van der Waals surface area (Å²) in [6.45, 7) is 2.97. The van der Waals surface area contributed by atoms with Gasteiger partial charge in [-0.15, -0.1) is 0 Å². The minimum Gasteiger partial charge on any atom is -0.328 e. The highest BCUT2D eigenvalue weighted by Gasteiger charge is 2.20. The summed E-state index contributed by atoms with van der Waals surface area (Å²) < 4.78 is 39.2. The fourth-order valence-corrected chi connectivity index (χ4v) is 5.74. The summed E-state index contributed by atoms with van der Waals surface area (Å²) in [5, 5.41) is 0. The monoisotopic (exact) mass is 463 g/mol. The van der Waals surface area contributed by atoms with Gasteiger partial charge in [-0.2, -0.15) is 8.75 Å². The Morgan fingerprint density at radius 3 is 2.62 bits per heavy atom. The van der Waals surface area contributed by atoms with Gasteiger partial charge in [0, 0.05) is 18.7 Å². The number of anilines is 1. The molecular formula is C23H21N5O2S2. The molecule has 0 atom stereocenters. The van der Waals surface area contributed by atoms with E-state index in [4.69, 9.17) is 4.98 Å². The molecule has 7 nitrogen and oxygen atoms in total. The lowest BCUT2D eigenvalue weighted by Crippen LogP contribution is -2.13. The third-order valence-electron chi connectivity index (χ3n) is 5.40. The number of hydrogen-bond donors (Lipinski definition) is 1. The first kappa shape index (κ1) is 20.6. The summed E-state index contributed by atoms with van der Waals surface area (Å²) in [5.74, 6) is 1.03. The minimum atomic E-state index is -3.78. The maximum Gasteiger partial charge on any atom is 0.264 e. The van der Waals surface area contributed by atoms with Crippen LogP contribution in [-0.2, 0) is 29.4 Å². The van der Waals surface area contributed by atoms with Crippen molar-refractivity contribution in [1.82, 2.24) is 18.3 Å². The third-order valence-corrected chi connectivity index (χ3v) is 7.36. The molecule has 0 saturated heterocycles. The summed E-state index contributed by atoms with van der Waals surface area (Å²) >= 11 is 1.00. The van der Waals surface area contributed by atoms with E-state index in [1.807, 2.05) is 36.4 Å². The molecule has 2 heterocycles. The molecule has 5 rings (SSSR count). The standard InChI is InChI=1S/C23H21N5O2S2/c1-2-28-20-11-4-3-9-18(20)24-22(28)14-13-16-7-5-8-17(15-16)27-32(29,30)21-12-6-10-19-23(21)26-31-25-19/h3-12,15,27H,2,13-14H2,1H3. The van der Waals surface area contributed by atoms with Gasteiger partial charge in [0.05, 0.1) is 22.8 Å². The van der Waals surface area contributed by atoms with Crippen LogP contribution in [0, 0.1) is 0 Å². The molecule has 0 aliphatic rings. The Bertz CT molecular complexity index is 1520. The number of sulfonamides is 1. The lowest BCUT2D eigenvalue weighted by molar-refractivity contribution is 0.602. The lowest BCUT2D eigenvalue weighted by Gasteiger charge is -2.10. The van der Waals surface area contributed by atoms with E-state index in [-0.39, 0.29) is 4.90 Å². The summed E-state index contributed by atoms with van der Waals surface area (Å²) in [5.41, 5.74) is 4.65. The molecule has 9 heteroatoms. The van der Waals surface area contributed by atoms with Crippen molar-refractivity contribution in [2.75, 3.05) is 4.72 Å². The normalized spacial score (nSPS) is 11.9. The van der Waals surface area contributed by atoms with Gasteiger partial charge >= 0.3 is 0 Å². The molecule has 2 aromatic heterocycles. The molecule has 0 aliphatic carbocycles. The summed E-state index contributed by atoms with van der Waals surface area (Å²) in [6, 6.07) is 20.6. The van der Waals surface area contributed by atoms with Crippen LogP contribution in [0.1, 0.15) is 18.3 Å². The number of nitrogens with one attached hydrogen (secondary N) is 1. The van der Waals surface area contributed by atoms with Crippen molar-refractivity contribution in [1.29, 1.82) is 0 Å². The van der Waals surface area contributed by atoms with E-state index >= 15 is 0 Å². The highest BCUT2D eigenvalue weighted by molar-refractivity contribution is 7.93. The molecule has 162 valence electrons. The van der Waals surface area contributed by atoms with E-state index in [0.717, 1.165) is 53.5 Å². The summed E-state index contributed by atoms with van der Waals surface area (Å²) in [6.07, 6.45) is 1.52. The Balaban J connectivity index is 1.37. The Kier molecular flexibility index (Phi) is 5.36. The number of rotatable bonds is 7. The number of benzene rings is 3. The van der Waals surface area contributed by atoms with Crippen molar-refractivity contribution in [2.24, 2.45) is 0 Å². The highest BCUT2D eigenvalue weighted by atomic mass is 32.2. The molecule has 3 aromatic carbocycles. The van der Waals surface area contributed by atoms with Crippen LogP contribution in [0.15, 0.2) is 71.6 Å². The molecule has 0 spiro atoms. The van der Waals surface area contributed by atoms with E-state index in [0.29, 0.717) is 16.7 Å². The Labute approximate surface area is 190 Å². The number of nitrogens with zero attached hydrogens (tertiary/aromatic N) is 4. The smallest absolute Gasteiger partial charge is 0.264 e. The van der Waals surface area contributed by atoms with Crippen LogP contribution in [0.2, 0.25) is 0 Å². The minimum absolute atomic E-state index is 0.130. The number of aryl methyl sites for hydroxylation is 3. The zero-order valence-corrected chi connectivity index (χ0v) is 19.0. The van der Waals surface area contributed by atoms with Gasteiger partial charge < -0.3 is 4.57 Å². The third kappa shape index (κ3) is 3.85. The van der Waals surface area contributed by atoms with Gasteiger partial charge in [0.1, 0.15) is 21.8 Å². The number of hydrogen-bond acceptors (Lipinski definition) is 6. The topological polar surface area (TPSA) is 89.8 Å². The molecule has 0 aliphatic heterocycles. The van der Waals surface area contributed by atoms with Crippen LogP contribution in [0.5, 0.6) is 0 Å². The van der Waals surface area contributed by atoms with Crippen LogP contribution >= 0.6 is 11.7 Å². The highest BCUT2D eigenvalue weighted by Crippen LogP contribution is 2.24. The van der Waals surface area contributed by atoms with Crippen LogP contribution < -0.4 is 4.72 Å². The van der Waals surface area contributed by atoms with Crippen molar-refractivity contribution in [3.05, 3.63) is 78.1 Å². The number of aromatic nitrogens is 4. The van der Waals surface area contributed by atoms with E-state index in [9.17, 15) is 8.42 Å². The van der Waals surface area contributed by atoms with Crippen LogP contribution in [-0.4, -0.2) is 26.7 Å². The van der Waals surface area contributed by atoms with E-state index < -0.39 is 10.0 Å². The molecule has 0 unspecified atom stereocenters. The van der Waals surface area contributed by atoms with Crippen molar-refractivity contribution in [3.8, 4) is 0 Å². The first-order chi connectivity index (χ1) is 15.5. The fraction of sp³-hybridized carbons (Fsp3) is 0.174. The lowest BCUT2D eigenvalue weighted by atomic mass is 10.1. The van der Waals surface area contributed by atoms with Crippen molar-refractivity contribution < 1.29 is 8.42 Å². The molecule has 0 amide bonds. The van der Waals surface area contributed by atoms with Gasteiger partial charge in [0.15, 0.2) is 0 Å². The maximum absolute atomic E-state index is 13.0. The quantitative estimate of drug-likeness (QED) is 0.380. The zero-order valence-electron chi connectivity index (χ0n) is 17.4. The molecule has 0 saturated carbocycles. The van der Waals surface area contributed by atoms with Gasteiger partial charge in [-0.3, -0.25) is 4.72 Å². The second kappa shape index (κ2) is 8.33. The molecular weight excluding hydrogens is 442 g/mol. The largest absolute Gasteiger partial charge is 0.328 e. The van der Waals surface area contributed by atoms with E-state index in [1.165, 1.54) is 0 Å². The van der Waals surface area contributed by atoms with Crippen molar-refractivity contribution >= 4 is 49.5 Å². The Morgan fingerprint density at radius 2 is 1.75 bits per heavy atom. The van der Waals surface area contributed by atoms with Gasteiger partial charge in [-0.25, -0.2) is 13.4 Å². The zero-order chi connectivity index (χ0) is 22.1. The molecule has 5 aromatic rings. The van der Waals surface area contributed by atoms with Gasteiger partial charge in [0.25, 0.3) is 10.0 Å². The molecule has 1 N–H and O–H groups in total. The average Bonchev–Trinajstić information content (AvgIpc) is 3.41. The van der Waals surface area contributed by atoms with Crippen LogP contribution in [0.4, 0.5) is 5.69 Å². The molecule has 0 fully saturated rings. The van der Waals surface area contributed by atoms with Crippen molar-refractivity contribution in [3.63, 3.8) is 0 Å². The number of fused-ring (bicyclic) bond motifs is 2. The number of para-hydroxylation sites is 2. The maximum atomic E-state index is 13.0. The van der Waals surface area contributed by atoms with Crippen molar-refractivity contribution in [2.45, 2.75) is 31.2 Å². The molecule has 0 bridgehead atoms. The summed E-state index contributed by atoms with van der Waals surface area (Å²) in [4.78, 5) is 4.91. The van der Waals surface area contributed by atoms with Crippen LogP contribution in [0.3, 0.4) is 0 Å². The second-order valence-corrected chi connectivity index (χ2v) is 9.63. The predicted molar refractivity (Wildman–Crippen MR) is 127 cm³/mol. The SMILES string of the molecule is CCn1c(CCc2cccc(NS(=O)(=O)c3cccc4nsnc34)c2)nc2ccccc21. The van der Waals surface area contributed by atoms with Gasteiger partial charge in [-0.05, 0) is 55.3 Å². The van der Waals surface area contributed by atoms with E-state index in [2.05, 4.69) is 31.0 Å². The molecule has 32 heavy (non-hydrogen) atoms. The molecule has 0 radical (unpaired) electrons. The second-order valence-electron chi connectivity index (χ2n) is 7.45. The Hall–Kier alpha value is -3.30. The van der Waals surface area contributed by atoms with Gasteiger partial charge in [0.2, 0.25) is 0 Å². The predicted octanol–water partition coefficient (Wildman–Crippen LogP) is 4.65. The van der Waals surface area contributed by atoms with E-state index in [1.54, 1.807) is 24.3 Å². The average molecular weight is 464 g/mol. The number of imidazole rings is 1. The summed E-state index contributed by atoms with van der Waals surface area (Å²) in [7, 11) is -3.78. The Morgan fingerprint density at radius 1 is 0.938 bits per heavy atom. The fourth-order valence-electron chi connectivity index (χ4n) is 3.92. The first-order valence-electron chi connectivity index (χ1n) is 10.3. The first-order valence-corrected chi connectivity index (χ1v) is 12.5. The van der Waals surface area contributed by atoms with Crippen LogP contribution in [0.25, 0.3) is 22.1 Å².